The number of hydrogen-bond acceptors (Lipinski definition) is 17. The number of sulfonamides is 1. The molecule has 1 aromatic carbocycles. The summed E-state index contributed by atoms with van der Waals surface area (Å²) in [5, 5.41) is 28.5. The summed E-state index contributed by atoms with van der Waals surface area (Å²) in [6, 6.07) is 2.40. The Morgan fingerprint density at radius 3 is 2.60 bits per heavy atom. The largest absolute Gasteiger partial charge is 0.488 e. The number of allylic oxidation sites excluding steroid dienone is 1. The summed E-state index contributed by atoms with van der Waals surface area (Å²) in [6.07, 6.45) is 7.71. The van der Waals surface area contributed by atoms with Crippen molar-refractivity contribution in [3.8, 4) is 17.4 Å². The average molecular weight is 920 g/mol. The van der Waals surface area contributed by atoms with E-state index in [1.54, 1.807) is 26.1 Å². The topological polar surface area (TPSA) is 288 Å². The third-order valence-corrected chi connectivity index (χ3v) is 13.4. The van der Waals surface area contributed by atoms with Crippen LogP contribution in [0.1, 0.15) is 87.7 Å². The molecule has 22 nitrogen and oxygen atoms in total. The minimum atomic E-state index is -3.96. The van der Waals surface area contributed by atoms with Crippen LogP contribution in [0, 0.1) is 18.3 Å². The zero-order chi connectivity index (χ0) is 46.6. The Kier molecular flexibility index (Phi) is 13.8. The molecule has 0 bridgehead atoms. The van der Waals surface area contributed by atoms with Crippen molar-refractivity contribution in [1.29, 1.82) is 5.41 Å². The molecule has 0 spiro atoms. The highest BCUT2D eigenvalue weighted by Crippen LogP contribution is 2.46. The summed E-state index contributed by atoms with van der Waals surface area (Å²) in [4.78, 5) is 86.6. The quantitative estimate of drug-likeness (QED) is 0.0595. The number of amides is 4. The van der Waals surface area contributed by atoms with E-state index in [4.69, 9.17) is 24.7 Å². The highest BCUT2D eigenvalue weighted by molar-refractivity contribution is 7.91. The zero-order valence-electron chi connectivity index (χ0n) is 36.7. The fourth-order valence-electron chi connectivity index (χ4n) is 7.89. The Balaban J connectivity index is 1.21. The van der Waals surface area contributed by atoms with Crippen LogP contribution in [0.5, 0.6) is 17.4 Å². The van der Waals surface area contributed by atoms with Gasteiger partial charge in [0.15, 0.2) is 11.4 Å². The van der Waals surface area contributed by atoms with Crippen molar-refractivity contribution in [2.45, 2.75) is 114 Å². The van der Waals surface area contributed by atoms with Crippen LogP contribution in [0.3, 0.4) is 0 Å². The van der Waals surface area contributed by atoms with Crippen LogP contribution >= 0.6 is 0 Å². The normalized spacial score (nSPS) is 23.8. The molecule has 7 rings (SSSR count). The first-order chi connectivity index (χ1) is 31.0. The van der Waals surface area contributed by atoms with Gasteiger partial charge in [0, 0.05) is 43.5 Å². The van der Waals surface area contributed by atoms with Crippen LogP contribution < -0.4 is 29.7 Å². The second kappa shape index (κ2) is 19.3. The SMILES string of the molecule is CN=NCC(=N)C(=O)OOc1ccc2c(OC3CC4C(=O)NC5(C(=O)NS(=O)(=O)C6CC6)CC5C=CCCCCCC(NC(=O)c5cnn(C)n5)C(=O)N4C3)cc(OC(C)C)nc2c1C. The van der Waals surface area contributed by atoms with Crippen molar-refractivity contribution < 1.29 is 51.6 Å². The highest BCUT2D eigenvalue weighted by Gasteiger charge is 2.62. The molecule has 2 aromatic heterocycles. The lowest BCUT2D eigenvalue weighted by Gasteiger charge is -2.29. The number of benzene rings is 1. The van der Waals surface area contributed by atoms with Gasteiger partial charge in [-0.2, -0.15) is 20.1 Å². The Labute approximate surface area is 374 Å². The number of carbonyl (C=O) groups excluding carboxylic acids is 5. The van der Waals surface area contributed by atoms with E-state index in [2.05, 4.69) is 40.8 Å². The maximum absolute atomic E-state index is 14.8. The Hall–Kier alpha value is -6.52. The number of nitrogens with one attached hydrogen (secondary N) is 4. The van der Waals surface area contributed by atoms with Gasteiger partial charge in [0.1, 0.15) is 41.7 Å². The molecule has 4 aliphatic rings. The fraction of sp³-hybridized carbons (Fsp3) is 0.548. The number of nitrogens with zero attached hydrogens (tertiary/aromatic N) is 7. The Bertz CT molecular complexity index is 2540. The Morgan fingerprint density at radius 1 is 1.11 bits per heavy atom. The maximum Gasteiger partial charge on any atom is 0.401 e. The number of rotatable bonds is 14. The first-order valence-electron chi connectivity index (χ1n) is 21.5. The number of hydrogen-bond donors (Lipinski definition) is 4. The second-order valence-corrected chi connectivity index (χ2v) is 18.8. The molecule has 2 saturated carbocycles. The molecule has 23 heteroatoms. The maximum atomic E-state index is 14.8. The van der Waals surface area contributed by atoms with E-state index in [9.17, 15) is 32.4 Å². The van der Waals surface area contributed by atoms with Gasteiger partial charge >= 0.3 is 5.97 Å². The third kappa shape index (κ3) is 10.7. The lowest BCUT2D eigenvalue weighted by Crippen LogP contribution is -2.58. The summed E-state index contributed by atoms with van der Waals surface area (Å²) in [7, 11) is -0.998. The average Bonchev–Trinajstić information content (AvgIpc) is 4.15. The van der Waals surface area contributed by atoms with Crippen molar-refractivity contribution in [2.75, 3.05) is 20.1 Å². The van der Waals surface area contributed by atoms with Gasteiger partial charge in [-0.25, -0.2) is 23.1 Å². The number of azo groups is 1. The van der Waals surface area contributed by atoms with E-state index in [0.717, 1.165) is 6.42 Å². The second-order valence-electron chi connectivity index (χ2n) is 16.9. The van der Waals surface area contributed by atoms with Gasteiger partial charge < -0.3 is 25.0 Å². The molecule has 5 unspecified atom stereocenters. The number of carbonyl (C=O) groups is 5. The molecule has 2 aliphatic heterocycles. The summed E-state index contributed by atoms with van der Waals surface area (Å²) in [5.74, 6) is -3.75. The summed E-state index contributed by atoms with van der Waals surface area (Å²) in [5.41, 5.74) is -1.30. The molecule has 1 saturated heterocycles. The summed E-state index contributed by atoms with van der Waals surface area (Å²) >= 11 is 0. The van der Waals surface area contributed by atoms with Crippen LogP contribution in [-0.2, 0) is 41.1 Å². The molecule has 3 fully saturated rings. The van der Waals surface area contributed by atoms with E-state index >= 15 is 0 Å². The van der Waals surface area contributed by atoms with E-state index in [1.807, 2.05) is 26.0 Å². The molecule has 2 aliphatic carbocycles. The first-order valence-corrected chi connectivity index (χ1v) is 23.1. The number of pyridine rings is 1. The van der Waals surface area contributed by atoms with Crippen LogP contribution in [0.2, 0.25) is 0 Å². The number of aromatic nitrogens is 4. The molecular formula is C42H53N11O11S. The van der Waals surface area contributed by atoms with Crippen LogP contribution in [0.15, 0.2) is 46.8 Å². The van der Waals surface area contributed by atoms with Crippen molar-refractivity contribution in [3.05, 3.63) is 47.8 Å². The predicted octanol–water partition coefficient (Wildman–Crippen LogP) is 2.55. The molecule has 4 amide bonds. The van der Waals surface area contributed by atoms with E-state index in [0.29, 0.717) is 48.6 Å². The van der Waals surface area contributed by atoms with Gasteiger partial charge in [-0.05, 0) is 71.4 Å². The van der Waals surface area contributed by atoms with Gasteiger partial charge in [-0.3, -0.25) is 34.2 Å². The molecule has 5 atom stereocenters. The van der Waals surface area contributed by atoms with Crippen LogP contribution in [-0.4, -0.2) is 124 Å². The minimum Gasteiger partial charge on any atom is -0.488 e. The van der Waals surface area contributed by atoms with Crippen molar-refractivity contribution in [1.82, 2.24) is 40.2 Å². The molecule has 3 aromatic rings. The lowest BCUT2D eigenvalue weighted by atomic mass is 10.0. The first kappa shape index (κ1) is 46.5. The molecule has 65 heavy (non-hydrogen) atoms. The van der Waals surface area contributed by atoms with Crippen molar-refractivity contribution in [2.24, 2.45) is 23.2 Å². The van der Waals surface area contributed by atoms with Gasteiger partial charge in [-0.15, -0.1) is 5.10 Å². The monoisotopic (exact) mass is 919 g/mol. The van der Waals surface area contributed by atoms with E-state index < -0.39 is 80.2 Å². The minimum absolute atomic E-state index is 0.00291. The summed E-state index contributed by atoms with van der Waals surface area (Å²) in [6.45, 7) is 4.87. The predicted molar refractivity (Wildman–Crippen MR) is 230 cm³/mol. The molecule has 4 N–H and O–H groups in total. The Morgan fingerprint density at radius 2 is 1.89 bits per heavy atom. The van der Waals surface area contributed by atoms with Crippen molar-refractivity contribution in [3.63, 3.8) is 0 Å². The molecule has 0 radical (unpaired) electrons. The highest BCUT2D eigenvalue weighted by atomic mass is 32.2. The molecule has 348 valence electrons. The van der Waals surface area contributed by atoms with Gasteiger partial charge in [0.25, 0.3) is 11.8 Å². The van der Waals surface area contributed by atoms with E-state index in [1.165, 1.54) is 29.0 Å². The third-order valence-electron chi connectivity index (χ3n) is 11.6. The smallest absolute Gasteiger partial charge is 0.401 e. The van der Waals surface area contributed by atoms with Gasteiger partial charge in [-0.1, -0.05) is 25.0 Å². The number of aryl methyl sites for hydroxylation is 2. The van der Waals surface area contributed by atoms with Crippen molar-refractivity contribution >= 4 is 56.2 Å². The van der Waals surface area contributed by atoms with Crippen LogP contribution in [0.4, 0.5) is 0 Å². The standard InChI is InChI=1S/C42H53N11O11S/c1-23(2)61-35-18-34(28-15-16-33(24(3)36(28)48-35)63-64-40(57)29(43)20-45-44-4)62-26-17-32-38(55)49-42(41(58)51-65(59,60)27-13-14-27)19-25(42)11-9-7-6-8-10-12-30(39(56)53(32)22-26)47-37(54)31-21-46-52(5)50-31/h9,11,15-16,18,21,23,25-27,30,32,43H,6-8,10,12-14,17,19-20,22H2,1-5H3,(H,47,54)(H,49,55)(H,51,58). The van der Waals surface area contributed by atoms with Crippen LogP contribution in [0.25, 0.3) is 10.9 Å². The number of fused-ring (bicyclic) bond motifs is 3. The fourth-order valence-corrected chi connectivity index (χ4v) is 9.26. The molecular weight excluding hydrogens is 867 g/mol. The zero-order valence-corrected chi connectivity index (χ0v) is 37.6. The molecule has 4 heterocycles. The number of ether oxygens (including phenoxy) is 2. The lowest BCUT2D eigenvalue weighted by molar-refractivity contribution is -0.205. The summed E-state index contributed by atoms with van der Waals surface area (Å²) < 4.78 is 40.8. The van der Waals surface area contributed by atoms with Gasteiger partial charge in [0.05, 0.1) is 29.6 Å². The van der Waals surface area contributed by atoms with Gasteiger partial charge in [0.2, 0.25) is 27.7 Å². The van der Waals surface area contributed by atoms with E-state index in [-0.39, 0.29) is 61.5 Å².